The van der Waals surface area contributed by atoms with E-state index in [1.165, 1.54) is 38.2 Å². The second kappa shape index (κ2) is 12.0. The number of carbonyl (C=O) groups is 3. The first kappa shape index (κ1) is 30.9. The van der Waals surface area contributed by atoms with E-state index >= 15 is 0 Å². The molecular formula is C37H50N2O5. The zero-order chi connectivity index (χ0) is 31.2. The van der Waals surface area contributed by atoms with Crippen LogP contribution in [0.15, 0.2) is 42.1 Å². The summed E-state index contributed by atoms with van der Waals surface area (Å²) < 4.78 is 5.62. The molecule has 3 saturated carbocycles. The molecule has 9 atom stereocenters. The van der Waals surface area contributed by atoms with Gasteiger partial charge in [-0.3, -0.25) is 9.59 Å². The zero-order valence-electron chi connectivity index (χ0n) is 26.9. The Bertz CT molecular complexity index is 1440. The van der Waals surface area contributed by atoms with Gasteiger partial charge in [0.1, 0.15) is 12.1 Å². The van der Waals surface area contributed by atoms with Crippen LogP contribution in [-0.4, -0.2) is 40.1 Å². The van der Waals surface area contributed by atoms with Crippen LogP contribution in [0.1, 0.15) is 97.5 Å². The van der Waals surface area contributed by atoms with Crippen molar-refractivity contribution in [2.24, 2.45) is 40.4 Å². The lowest BCUT2D eigenvalue weighted by Crippen LogP contribution is -2.51. The number of hydrogen-bond acceptors (Lipinski definition) is 4. The number of rotatable bonds is 9. The van der Waals surface area contributed by atoms with E-state index in [1.54, 1.807) is 0 Å². The number of esters is 1. The molecule has 3 fully saturated rings. The molecule has 4 aliphatic carbocycles. The van der Waals surface area contributed by atoms with Crippen LogP contribution in [0.2, 0.25) is 0 Å². The average molecular weight is 603 g/mol. The molecule has 3 N–H and O–H groups in total. The van der Waals surface area contributed by atoms with Crippen LogP contribution in [0.5, 0.6) is 0 Å². The number of hydrogen-bond donors (Lipinski definition) is 3. The molecule has 6 rings (SSSR count). The molecule has 4 aliphatic rings. The Kier molecular flexibility index (Phi) is 8.44. The largest absolute Gasteiger partial charge is 0.480 e. The molecular weight excluding hydrogens is 552 g/mol. The van der Waals surface area contributed by atoms with Gasteiger partial charge in [0.15, 0.2) is 0 Å². The van der Waals surface area contributed by atoms with Gasteiger partial charge in [-0.2, -0.15) is 0 Å². The lowest BCUT2D eigenvalue weighted by Gasteiger charge is -2.58. The summed E-state index contributed by atoms with van der Waals surface area (Å²) in [5.74, 6) is 1.76. The number of para-hydroxylation sites is 1. The number of amides is 1. The average Bonchev–Trinajstić information content (AvgIpc) is 3.56. The topological polar surface area (TPSA) is 108 Å². The van der Waals surface area contributed by atoms with Gasteiger partial charge in [0.25, 0.3) is 0 Å². The first-order valence-corrected chi connectivity index (χ1v) is 16.9. The van der Waals surface area contributed by atoms with Gasteiger partial charge in [0.2, 0.25) is 5.91 Å². The molecule has 1 heterocycles. The Hall–Kier alpha value is -3.09. The zero-order valence-corrected chi connectivity index (χ0v) is 26.9. The van der Waals surface area contributed by atoms with Crippen molar-refractivity contribution in [3.05, 3.63) is 47.7 Å². The molecule has 1 amide bonds. The first-order chi connectivity index (χ1) is 21.0. The SMILES string of the molecule is CC(=O)O[C@H]1CC[C@@]2(C)C(=CC[C@H]3[C@@H]4CC[C@H]([C@H](C)CCC(=O)N[C@@H](Cc5c[nH]c6ccccc56)C(=O)O)[C@@]4(C)CC[C@@H]32)C1. The maximum absolute atomic E-state index is 13.1. The highest BCUT2D eigenvalue weighted by Gasteiger charge is 2.59. The number of carboxylic acid groups (broad SMARTS) is 1. The van der Waals surface area contributed by atoms with Gasteiger partial charge in [0, 0.05) is 43.3 Å². The quantitative estimate of drug-likeness (QED) is 0.208. The smallest absolute Gasteiger partial charge is 0.326 e. The molecule has 0 spiro atoms. The number of aromatic nitrogens is 1. The number of ether oxygens (including phenoxy) is 1. The fourth-order valence-corrected chi connectivity index (χ4v) is 10.5. The van der Waals surface area contributed by atoms with Crippen LogP contribution in [0, 0.1) is 40.4 Å². The number of allylic oxidation sites excluding steroid dienone is 1. The number of H-pyrrole nitrogens is 1. The van der Waals surface area contributed by atoms with E-state index in [0.29, 0.717) is 36.0 Å². The number of aromatic amines is 1. The molecule has 0 radical (unpaired) electrons. The van der Waals surface area contributed by atoms with Crippen LogP contribution in [0.4, 0.5) is 0 Å². The standard InChI is InChI=1S/C37H50N2O5/c1-22(9-14-34(41)39-33(35(42)43)19-24-21-38-32-8-6-5-7-27(24)32)29-12-13-30-28-11-10-25-20-26(44-23(2)40)15-17-36(25,3)31(28)16-18-37(29,30)4/h5-8,10,21-22,26,28-31,33,38H,9,11-20H2,1-4H3,(H,39,41)(H,42,43)/t22-,26+,28+,29-,30+,31+,33+,36+,37-/m1/s1. The second-order valence-corrected chi connectivity index (χ2v) is 15.0. The maximum Gasteiger partial charge on any atom is 0.326 e. The number of carbonyl (C=O) groups excluding carboxylic acids is 2. The maximum atomic E-state index is 13.1. The van der Waals surface area contributed by atoms with Gasteiger partial charge in [-0.05, 0) is 103 Å². The summed E-state index contributed by atoms with van der Waals surface area (Å²) in [6.07, 6.45) is 14.9. The van der Waals surface area contributed by atoms with Crippen molar-refractivity contribution >= 4 is 28.7 Å². The number of fused-ring (bicyclic) bond motifs is 6. The molecule has 7 heteroatoms. The van der Waals surface area contributed by atoms with Gasteiger partial charge >= 0.3 is 11.9 Å². The first-order valence-electron chi connectivity index (χ1n) is 16.9. The third-order valence-corrected chi connectivity index (χ3v) is 12.7. The summed E-state index contributed by atoms with van der Waals surface area (Å²) in [7, 11) is 0. The minimum Gasteiger partial charge on any atom is -0.480 e. The van der Waals surface area contributed by atoms with Crippen LogP contribution in [0.3, 0.4) is 0 Å². The molecule has 1 aromatic carbocycles. The monoisotopic (exact) mass is 602 g/mol. The van der Waals surface area contributed by atoms with Crippen molar-refractivity contribution in [3.63, 3.8) is 0 Å². The van der Waals surface area contributed by atoms with Gasteiger partial charge in [0.05, 0.1) is 0 Å². The van der Waals surface area contributed by atoms with E-state index in [2.05, 4.69) is 37.1 Å². The highest BCUT2D eigenvalue weighted by atomic mass is 16.5. The van der Waals surface area contributed by atoms with Crippen molar-refractivity contribution < 1.29 is 24.2 Å². The van der Waals surface area contributed by atoms with E-state index in [-0.39, 0.29) is 35.2 Å². The predicted molar refractivity (Wildman–Crippen MR) is 171 cm³/mol. The highest BCUT2D eigenvalue weighted by molar-refractivity contribution is 5.86. The van der Waals surface area contributed by atoms with E-state index in [9.17, 15) is 19.5 Å². The van der Waals surface area contributed by atoms with Gasteiger partial charge in [-0.15, -0.1) is 0 Å². The van der Waals surface area contributed by atoms with Crippen LogP contribution in [0.25, 0.3) is 10.9 Å². The van der Waals surface area contributed by atoms with Crippen LogP contribution < -0.4 is 5.32 Å². The van der Waals surface area contributed by atoms with Crippen molar-refractivity contribution in [1.82, 2.24) is 10.3 Å². The Morgan fingerprint density at radius 2 is 1.89 bits per heavy atom. The fraction of sp³-hybridized carbons (Fsp3) is 0.649. The van der Waals surface area contributed by atoms with E-state index in [0.717, 1.165) is 48.6 Å². The molecule has 238 valence electrons. The lowest BCUT2D eigenvalue weighted by molar-refractivity contribution is -0.148. The normalized spacial score (nSPS) is 34.2. The van der Waals surface area contributed by atoms with Crippen molar-refractivity contribution in [3.8, 4) is 0 Å². The summed E-state index contributed by atoms with van der Waals surface area (Å²) in [6, 6.07) is 6.88. The Balaban J connectivity index is 1.06. The summed E-state index contributed by atoms with van der Waals surface area (Å²) in [5, 5.41) is 13.7. The molecule has 44 heavy (non-hydrogen) atoms. The van der Waals surface area contributed by atoms with Gasteiger partial charge in [-0.1, -0.05) is 50.6 Å². The third-order valence-electron chi connectivity index (χ3n) is 12.7. The lowest BCUT2D eigenvalue weighted by atomic mass is 9.47. The van der Waals surface area contributed by atoms with Crippen molar-refractivity contribution in [2.45, 2.75) is 110 Å². The summed E-state index contributed by atoms with van der Waals surface area (Å²) in [6.45, 7) is 8.85. The molecule has 1 aromatic heterocycles. The van der Waals surface area contributed by atoms with Crippen molar-refractivity contribution in [2.75, 3.05) is 0 Å². The Labute approximate surface area is 261 Å². The predicted octanol–water partition coefficient (Wildman–Crippen LogP) is 7.21. The van der Waals surface area contributed by atoms with Crippen LogP contribution in [-0.2, 0) is 25.5 Å². The van der Waals surface area contributed by atoms with Crippen LogP contribution >= 0.6 is 0 Å². The number of aliphatic carboxylic acids is 1. The fourth-order valence-electron chi connectivity index (χ4n) is 10.5. The summed E-state index contributed by atoms with van der Waals surface area (Å²) >= 11 is 0. The minimum atomic E-state index is -1.00. The number of benzene rings is 1. The summed E-state index contributed by atoms with van der Waals surface area (Å²) in [4.78, 5) is 39.9. The second-order valence-electron chi connectivity index (χ2n) is 15.0. The Morgan fingerprint density at radius 1 is 1.09 bits per heavy atom. The molecule has 0 saturated heterocycles. The third kappa shape index (κ3) is 5.60. The molecule has 7 nitrogen and oxygen atoms in total. The minimum absolute atomic E-state index is 0.0328. The van der Waals surface area contributed by atoms with E-state index in [4.69, 9.17) is 4.74 Å². The number of carboxylic acids is 1. The Morgan fingerprint density at radius 3 is 2.66 bits per heavy atom. The molecule has 0 aliphatic heterocycles. The molecule has 2 aromatic rings. The van der Waals surface area contributed by atoms with E-state index in [1.807, 2.05) is 30.5 Å². The van der Waals surface area contributed by atoms with Gasteiger partial charge < -0.3 is 20.1 Å². The van der Waals surface area contributed by atoms with E-state index < -0.39 is 12.0 Å². The molecule has 0 unspecified atom stereocenters. The van der Waals surface area contributed by atoms with Crippen molar-refractivity contribution in [1.29, 1.82) is 0 Å². The number of nitrogens with one attached hydrogen (secondary N) is 2. The van der Waals surface area contributed by atoms with Gasteiger partial charge in [-0.25, -0.2) is 4.79 Å². The molecule has 0 bridgehead atoms. The highest BCUT2D eigenvalue weighted by Crippen LogP contribution is 2.67. The summed E-state index contributed by atoms with van der Waals surface area (Å²) in [5.41, 5.74) is 3.90.